The van der Waals surface area contributed by atoms with E-state index in [1.165, 1.54) is 6.92 Å². The first-order valence-corrected chi connectivity index (χ1v) is 5.55. The molecule has 6 heteroatoms. The van der Waals surface area contributed by atoms with E-state index in [9.17, 15) is 10.1 Å². The molecule has 1 aliphatic heterocycles. The third-order valence-corrected chi connectivity index (χ3v) is 2.61. The van der Waals surface area contributed by atoms with Crippen molar-refractivity contribution in [2.45, 2.75) is 44.8 Å². The van der Waals surface area contributed by atoms with Crippen LogP contribution in [-0.2, 0) is 14.2 Å². The van der Waals surface area contributed by atoms with E-state index >= 15 is 0 Å². The Labute approximate surface area is 101 Å². The summed E-state index contributed by atoms with van der Waals surface area (Å²) in [4.78, 5) is 10.5. The fourth-order valence-electron chi connectivity index (χ4n) is 1.73. The third kappa shape index (κ3) is 3.76. The summed E-state index contributed by atoms with van der Waals surface area (Å²) >= 11 is 0. The lowest BCUT2D eigenvalue weighted by molar-refractivity contribution is -0.533. The summed E-state index contributed by atoms with van der Waals surface area (Å²) in [6.07, 6.45) is 0.496. The van der Waals surface area contributed by atoms with E-state index in [2.05, 4.69) is 6.58 Å². The quantitative estimate of drug-likeness (QED) is 0.401. The van der Waals surface area contributed by atoms with Crippen LogP contribution in [0.5, 0.6) is 0 Å². The Balaban J connectivity index is 2.69. The summed E-state index contributed by atoms with van der Waals surface area (Å²) in [5.41, 5.74) is 0. The van der Waals surface area contributed by atoms with Crippen molar-refractivity contribution in [2.75, 3.05) is 13.2 Å². The lowest BCUT2D eigenvalue weighted by Crippen LogP contribution is -2.44. The summed E-state index contributed by atoms with van der Waals surface area (Å²) in [6, 6.07) is -0.850. The lowest BCUT2D eigenvalue weighted by Gasteiger charge is -2.24. The molecule has 0 radical (unpaired) electrons. The van der Waals surface area contributed by atoms with Gasteiger partial charge < -0.3 is 14.2 Å². The van der Waals surface area contributed by atoms with Gasteiger partial charge in [-0.2, -0.15) is 0 Å². The zero-order valence-corrected chi connectivity index (χ0v) is 10.4. The predicted molar refractivity (Wildman–Crippen MR) is 61.3 cm³/mol. The number of rotatable bonds is 6. The number of hydrogen-bond acceptors (Lipinski definition) is 5. The Morgan fingerprint density at radius 2 is 2.35 bits per heavy atom. The minimum Gasteiger partial charge on any atom is -0.364 e. The maximum atomic E-state index is 10.8. The molecule has 1 saturated heterocycles. The van der Waals surface area contributed by atoms with E-state index in [4.69, 9.17) is 14.2 Å². The van der Waals surface area contributed by atoms with E-state index in [1.54, 1.807) is 19.9 Å². The van der Waals surface area contributed by atoms with E-state index in [0.29, 0.717) is 6.61 Å². The van der Waals surface area contributed by atoms with Crippen LogP contribution in [0.2, 0.25) is 0 Å². The second-order valence-corrected chi connectivity index (χ2v) is 4.48. The molecule has 3 unspecified atom stereocenters. The standard InChI is InChI=1S/C11H19NO5/c1-5-6-15-10(8(2)12(13)14)9-7-16-11(3,4)17-9/h5,8-10H,1,6-7H2,2-4H3. The Morgan fingerprint density at radius 1 is 1.71 bits per heavy atom. The highest BCUT2D eigenvalue weighted by molar-refractivity contribution is 4.83. The zero-order chi connectivity index (χ0) is 13.1. The molecule has 0 saturated carbocycles. The molecular weight excluding hydrogens is 226 g/mol. The van der Waals surface area contributed by atoms with Gasteiger partial charge in [-0.1, -0.05) is 6.08 Å². The van der Waals surface area contributed by atoms with Crippen molar-refractivity contribution in [1.29, 1.82) is 0 Å². The molecule has 0 aromatic carbocycles. The molecule has 1 aliphatic rings. The molecule has 0 N–H and O–H groups in total. The van der Waals surface area contributed by atoms with Crippen LogP contribution >= 0.6 is 0 Å². The van der Waals surface area contributed by atoms with Crippen LogP contribution in [-0.4, -0.2) is 42.2 Å². The molecule has 0 aromatic rings. The maximum Gasteiger partial charge on any atom is 0.238 e. The molecule has 98 valence electrons. The summed E-state index contributed by atoms with van der Waals surface area (Å²) in [6.45, 7) is 9.12. The average Bonchev–Trinajstić information content (AvgIpc) is 2.59. The minimum absolute atomic E-state index is 0.253. The fourth-order valence-corrected chi connectivity index (χ4v) is 1.73. The minimum atomic E-state index is -0.850. The topological polar surface area (TPSA) is 70.8 Å². The smallest absolute Gasteiger partial charge is 0.238 e. The van der Waals surface area contributed by atoms with Gasteiger partial charge in [0, 0.05) is 11.8 Å². The first-order chi connectivity index (χ1) is 7.87. The van der Waals surface area contributed by atoms with E-state index in [0.717, 1.165) is 0 Å². The van der Waals surface area contributed by atoms with E-state index < -0.39 is 24.0 Å². The molecule has 6 nitrogen and oxygen atoms in total. The molecular formula is C11H19NO5. The van der Waals surface area contributed by atoms with Crippen LogP contribution < -0.4 is 0 Å². The largest absolute Gasteiger partial charge is 0.364 e. The van der Waals surface area contributed by atoms with Gasteiger partial charge in [-0.3, -0.25) is 10.1 Å². The predicted octanol–water partition coefficient (Wildman–Crippen LogP) is 1.37. The number of hydrogen-bond donors (Lipinski definition) is 0. The molecule has 0 aliphatic carbocycles. The van der Waals surface area contributed by atoms with Gasteiger partial charge in [0.15, 0.2) is 11.9 Å². The average molecular weight is 245 g/mol. The summed E-state index contributed by atoms with van der Waals surface area (Å²) in [7, 11) is 0. The van der Waals surface area contributed by atoms with Crippen molar-refractivity contribution in [1.82, 2.24) is 0 Å². The van der Waals surface area contributed by atoms with E-state index in [1.807, 2.05) is 0 Å². The van der Waals surface area contributed by atoms with Crippen molar-refractivity contribution >= 4 is 0 Å². The molecule has 17 heavy (non-hydrogen) atoms. The number of nitro groups is 1. The van der Waals surface area contributed by atoms with Gasteiger partial charge in [0.25, 0.3) is 0 Å². The van der Waals surface area contributed by atoms with Gasteiger partial charge in [0.2, 0.25) is 6.04 Å². The highest BCUT2D eigenvalue weighted by atomic mass is 16.7. The van der Waals surface area contributed by atoms with Gasteiger partial charge in [0.1, 0.15) is 6.10 Å². The monoisotopic (exact) mass is 245 g/mol. The maximum absolute atomic E-state index is 10.8. The first kappa shape index (κ1) is 14.1. The molecule has 0 aromatic heterocycles. The summed E-state index contributed by atoms with van der Waals surface area (Å²) in [5.74, 6) is -0.712. The third-order valence-electron chi connectivity index (χ3n) is 2.61. The lowest BCUT2D eigenvalue weighted by atomic mass is 10.1. The Hall–Kier alpha value is -0.980. The molecule has 0 bridgehead atoms. The SMILES string of the molecule is C=CCOC(C1COC(C)(C)O1)C(C)[N+](=O)[O-]. The van der Waals surface area contributed by atoms with Crippen LogP contribution in [0.15, 0.2) is 12.7 Å². The van der Waals surface area contributed by atoms with Crippen molar-refractivity contribution in [3.63, 3.8) is 0 Å². The van der Waals surface area contributed by atoms with Gasteiger partial charge in [-0.05, 0) is 13.8 Å². The van der Waals surface area contributed by atoms with Crippen LogP contribution in [0, 0.1) is 10.1 Å². The first-order valence-electron chi connectivity index (χ1n) is 5.55. The summed E-state index contributed by atoms with van der Waals surface area (Å²) < 4.78 is 16.4. The second-order valence-electron chi connectivity index (χ2n) is 4.48. The molecule has 1 heterocycles. The van der Waals surface area contributed by atoms with Crippen LogP contribution in [0.3, 0.4) is 0 Å². The molecule has 0 spiro atoms. The van der Waals surface area contributed by atoms with Gasteiger partial charge in [0.05, 0.1) is 13.2 Å². The fraction of sp³-hybridized carbons (Fsp3) is 0.818. The molecule has 1 fully saturated rings. The van der Waals surface area contributed by atoms with Crippen molar-refractivity contribution in [3.05, 3.63) is 22.8 Å². The molecule has 3 atom stereocenters. The molecule has 0 amide bonds. The number of nitrogens with zero attached hydrogens (tertiary/aromatic N) is 1. The van der Waals surface area contributed by atoms with Crippen molar-refractivity contribution in [2.24, 2.45) is 0 Å². The normalized spacial score (nSPS) is 26.4. The van der Waals surface area contributed by atoms with Crippen LogP contribution in [0.1, 0.15) is 20.8 Å². The highest BCUT2D eigenvalue weighted by Gasteiger charge is 2.43. The van der Waals surface area contributed by atoms with E-state index in [-0.39, 0.29) is 11.5 Å². The van der Waals surface area contributed by atoms with Crippen molar-refractivity contribution in [3.8, 4) is 0 Å². The Bertz CT molecular complexity index is 292. The van der Waals surface area contributed by atoms with Gasteiger partial charge in [-0.25, -0.2) is 0 Å². The van der Waals surface area contributed by atoms with Crippen molar-refractivity contribution < 1.29 is 19.1 Å². The van der Waals surface area contributed by atoms with Crippen LogP contribution in [0.25, 0.3) is 0 Å². The number of ether oxygens (including phenoxy) is 3. The Kier molecular flexibility index (Phi) is 4.62. The van der Waals surface area contributed by atoms with Gasteiger partial charge >= 0.3 is 0 Å². The van der Waals surface area contributed by atoms with Crippen LogP contribution in [0.4, 0.5) is 0 Å². The second kappa shape index (κ2) is 5.57. The zero-order valence-electron chi connectivity index (χ0n) is 10.4. The Morgan fingerprint density at radius 3 is 2.76 bits per heavy atom. The highest BCUT2D eigenvalue weighted by Crippen LogP contribution is 2.27. The molecule has 1 rings (SSSR count). The van der Waals surface area contributed by atoms with Gasteiger partial charge in [-0.15, -0.1) is 6.58 Å². The summed E-state index contributed by atoms with van der Waals surface area (Å²) in [5, 5.41) is 10.8.